The van der Waals surface area contributed by atoms with Crippen molar-refractivity contribution in [2.75, 3.05) is 24.6 Å². The molecule has 0 aromatic carbocycles. The molecule has 1 fully saturated rings. The normalized spacial score (nSPS) is 18.3. The highest BCUT2D eigenvalue weighted by Gasteiger charge is 2.23. The van der Waals surface area contributed by atoms with Gasteiger partial charge in [0.15, 0.2) is 0 Å². The Morgan fingerprint density at radius 1 is 1.32 bits per heavy atom. The molecule has 2 aromatic rings. The molecule has 0 N–H and O–H groups in total. The van der Waals surface area contributed by atoms with Gasteiger partial charge in [0.05, 0.1) is 17.8 Å². The van der Waals surface area contributed by atoms with E-state index in [2.05, 4.69) is 35.8 Å². The first-order chi connectivity index (χ1) is 10.7. The number of halogens is 2. The Morgan fingerprint density at radius 3 is 3.00 bits per heavy atom. The number of hydrogen-bond acceptors (Lipinski definition) is 5. The predicted molar refractivity (Wildman–Crippen MR) is 89.4 cm³/mol. The number of rotatable bonds is 4. The molecule has 1 aliphatic heterocycles. The Hall–Kier alpha value is -1.40. The summed E-state index contributed by atoms with van der Waals surface area (Å²) < 4.78 is 6.61. The van der Waals surface area contributed by atoms with Crippen molar-refractivity contribution in [3.8, 4) is 5.88 Å². The average Bonchev–Trinajstić information content (AvgIpc) is 2.54. The van der Waals surface area contributed by atoms with E-state index in [1.807, 2.05) is 6.07 Å². The Bertz CT molecular complexity index is 628. The van der Waals surface area contributed by atoms with Gasteiger partial charge in [0, 0.05) is 42.1 Å². The highest BCUT2D eigenvalue weighted by molar-refractivity contribution is 9.10. The fourth-order valence-corrected chi connectivity index (χ4v) is 3.35. The van der Waals surface area contributed by atoms with Crippen LogP contribution in [0.5, 0.6) is 5.88 Å². The Morgan fingerprint density at radius 2 is 2.23 bits per heavy atom. The Balaban J connectivity index is 1.61. The SMILES string of the molecule is Clc1cc(Br)cnc1N1CCCC(COc2cnccn2)C1. The molecule has 1 saturated heterocycles. The highest BCUT2D eigenvalue weighted by Crippen LogP contribution is 2.29. The van der Waals surface area contributed by atoms with Gasteiger partial charge in [-0.05, 0) is 34.8 Å². The number of anilines is 1. The van der Waals surface area contributed by atoms with Crippen LogP contribution < -0.4 is 9.64 Å². The van der Waals surface area contributed by atoms with E-state index >= 15 is 0 Å². The van der Waals surface area contributed by atoms with Crippen LogP contribution in [0.25, 0.3) is 0 Å². The molecule has 0 amide bonds. The highest BCUT2D eigenvalue weighted by atomic mass is 79.9. The van der Waals surface area contributed by atoms with Crippen molar-refractivity contribution < 1.29 is 4.74 Å². The summed E-state index contributed by atoms with van der Waals surface area (Å²) in [5.74, 6) is 1.84. The van der Waals surface area contributed by atoms with E-state index < -0.39 is 0 Å². The van der Waals surface area contributed by atoms with Gasteiger partial charge in [-0.15, -0.1) is 0 Å². The first-order valence-corrected chi connectivity index (χ1v) is 8.34. The maximum Gasteiger partial charge on any atom is 0.232 e. The molecule has 1 atom stereocenters. The molecule has 116 valence electrons. The molecular formula is C15H16BrClN4O. The van der Waals surface area contributed by atoms with E-state index in [-0.39, 0.29) is 0 Å². The molecule has 7 heteroatoms. The van der Waals surface area contributed by atoms with Gasteiger partial charge < -0.3 is 9.64 Å². The van der Waals surface area contributed by atoms with Crippen LogP contribution in [-0.2, 0) is 0 Å². The van der Waals surface area contributed by atoms with E-state index in [1.165, 1.54) is 0 Å². The fourth-order valence-electron chi connectivity index (χ4n) is 2.60. The molecule has 0 spiro atoms. The number of piperidine rings is 1. The average molecular weight is 384 g/mol. The number of aromatic nitrogens is 3. The molecular weight excluding hydrogens is 368 g/mol. The summed E-state index contributed by atoms with van der Waals surface area (Å²) in [5.41, 5.74) is 0. The molecule has 22 heavy (non-hydrogen) atoms. The van der Waals surface area contributed by atoms with Gasteiger partial charge in [0.25, 0.3) is 0 Å². The minimum absolute atomic E-state index is 0.428. The largest absolute Gasteiger partial charge is 0.476 e. The van der Waals surface area contributed by atoms with Gasteiger partial charge in [-0.2, -0.15) is 0 Å². The van der Waals surface area contributed by atoms with Crippen LogP contribution in [-0.4, -0.2) is 34.6 Å². The quantitative estimate of drug-likeness (QED) is 0.807. The maximum atomic E-state index is 6.30. The molecule has 1 unspecified atom stereocenters. The lowest BCUT2D eigenvalue weighted by Crippen LogP contribution is -2.38. The van der Waals surface area contributed by atoms with Gasteiger partial charge >= 0.3 is 0 Å². The maximum absolute atomic E-state index is 6.30. The summed E-state index contributed by atoms with van der Waals surface area (Å²) in [5, 5.41) is 0.671. The molecule has 5 nitrogen and oxygen atoms in total. The third-order valence-electron chi connectivity index (χ3n) is 3.61. The summed E-state index contributed by atoms with van der Waals surface area (Å²) >= 11 is 9.68. The van der Waals surface area contributed by atoms with Crippen LogP contribution in [0, 0.1) is 5.92 Å². The zero-order valence-corrected chi connectivity index (χ0v) is 14.3. The molecule has 3 rings (SSSR count). The Kier molecular flexibility index (Phi) is 5.10. The van der Waals surface area contributed by atoms with Crippen molar-refractivity contribution in [1.82, 2.24) is 15.0 Å². The first kappa shape index (κ1) is 15.5. The molecule has 2 aromatic heterocycles. The lowest BCUT2D eigenvalue weighted by molar-refractivity contribution is 0.221. The molecule has 0 bridgehead atoms. The van der Waals surface area contributed by atoms with Crippen LogP contribution >= 0.6 is 27.5 Å². The van der Waals surface area contributed by atoms with Crippen molar-refractivity contribution in [3.05, 3.63) is 40.3 Å². The standard InChI is InChI=1S/C15H16BrClN4O/c16-12-6-13(17)15(20-7-12)21-5-1-2-11(9-21)10-22-14-8-18-3-4-19-14/h3-4,6-8,11H,1-2,5,9-10H2. The summed E-state index contributed by atoms with van der Waals surface area (Å²) in [4.78, 5) is 14.8. The van der Waals surface area contributed by atoms with Crippen molar-refractivity contribution in [3.63, 3.8) is 0 Å². The Labute approximate surface area is 142 Å². The number of ether oxygens (including phenoxy) is 1. The van der Waals surface area contributed by atoms with Crippen molar-refractivity contribution >= 4 is 33.3 Å². The van der Waals surface area contributed by atoms with E-state index in [0.29, 0.717) is 23.4 Å². The van der Waals surface area contributed by atoms with Crippen molar-refractivity contribution in [2.24, 2.45) is 5.92 Å². The van der Waals surface area contributed by atoms with Gasteiger partial charge in [0.2, 0.25) is 5.88 Å². The minimum atomic E-state index is 0.428. The summed E-state index contributed by atoms with van der Waals surface area (Å²) in [7, 11) is 0. The molecule has 3 heterocycles. The molecule has 0 radical (unpaired) electrons. The second-order valence-corrected chi connectivity index (χ2v) is 6.59. The zero-order chi connectivity index (χ0) is 15.4. The van der Waals surface area contributed by atoms with Crippen LogP contribution in [0.1, 0.15) is 12.8 Å². The van der Waals surface area contributed by atoms with Crippen LogP contribution in [0.2, 0.25) is 5.02 Å². The monoisotopic (exact) mass is 382 g/mol. The van der Waals surface area contributed by atoms with E-state index in [1.54, 1.807) is 24.8 Å². The number of pyridine rings is 1. The van der Waals surface area contributed by atoms with Crippen molar-refractivity contribution in [1.29, 1.82) is 0 Å². The lowest BCUT2D eigenvalue weighted by Gasteiger charge is -2.33. The van der Waals surface area contributed by atoms with Gasteiger partial charge in [0.1, 0.15) is 5.82 Å². The topological polar surface area (TPSA) is 51.1 Å². The number of hydrogen-bond donors (Lipinski definition) is 0. The summed E-state index contributed by atoms with van der Waals surface area (Å²) in [6, 6.07) is 1.88. The van der Waals surface area contributed by atoms with E-state index in [4.69, 9.17) is 16.3 Å². The fraction of sp³-hybridized carbons (Fsp3) is 0.400. The van der Waals surface area contributed by atoms with Crippen LogP contribution in [0.4, 0.5) is 5.82 Å². The van der Waals surface area contributed by atoms with Crippen LogP contribution in [0.3, 0.4) is 0 Å². The smallest absolute Gasteiger partial charge is 0.232 e. The third-order valence-corrected chi connectivity index (χ3v) is 4.33. The second kappa shape index (κ2) is 7.24. The van der Waals surface area contributed by atoms with Gasteiger partial charge in [-0.1, -0.05) is 11.6 Å². The minimum Gasteiger partial charge on any atom is -0.476 e. The number of nitrogens with zero attached hydrogens (tertiary/aromatic N) is 4. The zero-order valence-electron chi connectivity index (χ0n) is 12.0. The molecule has 0 aliphatic carbocycles. The van der Waals surface area contributed by atoms with Crippen LogP contribution in [0.15, 0.2) is 35.3 Å². The molecule has 0 saturated carbocycles. The lowest BCUT2D eigenvalue weighted by atomic mass is 9.99. The van der Waals surface area contributed by atoms with E-state index in [0.717, 1.165) is 36.2 Å². The summed E-state index contributed by atoms with van der Waals surface area (Å²) in [6.07, 6.45) is 8.91. The second-order valence-electron chi connectivity index (χ2n) is 5.27. The van der Waals surface area contributed by atoms with E-state index in [9.17, 15) is 0 Å². The van der Waals surface area contributed by atoms with Crippen molar-refractivity contribution in [2.45, 2.75) is 12.8 Å². The molecule has 1 aliphatic rings. The predicted octanol–water partition coefficient (Wildman–Crippen LogP) is 3.58. The third kappa shape index (κ3) is 3.87. The summed E-state index contributed by atoms with van der Waals surface area (Å²) in [6.45, 7) is 2.48. The van der Waals surface area contributed by atoms with Gasteiger partial charge in [-0.25, -0.2) is 9.97 Å². The first-order valence-electron chi connectivity index (χ1n) is 7.17. The van der Waals surface area contributed by atoms with Gasteiger partial charge in [-0.3, -0.25) is 4.98 Å².